The molecule has 0 radical (unpaired) electrons. The summed E-state index contributed by atoms with van der Waals surface area (Å²) in [7, 11) is 0. The summed E-state index contributed by atoms with van der Waals surface area (Å²) in [6.45, 7) is 1.68. The molecule has 0 N–H and O–H groups in total. The monoisotopic (exact) mass is 287 g/mol. The molecule has 0 spiro atoms. The van der Waals surface area contributed by atoms with Crippen molar-refractivity contribution in [3.8, 4) is 0 Å². The van der Waals surface area contributed by atoms with E-state index in [1.54, 1.807) is 25.1 Å². The first-order valence-corrected chi connectivity index (χ1v) is 5.39. The quantitative estimate of drug-likeness (QED) is 0.279. The normalized spacial score (nSPS) is 13.9. The molecule has 0 bridgehead atoms. The first kappa shape index (κ1) is 12.6. The summed E-state index contributed by atoms with van der Waals surface area (Å²) < 4.78 is 2.67. The molecule has 0 aliphatic heterocycles. The van der Waals surface area contributed by atoms with Crippen molar-refractivity contribution in [1.29, 1.82) is 0 Å². The average molecular weight is 288 g/mol. The fourth-order valence-electron chi connectivity index (χ4n) is 1.18. The number of carbonyl (C=O) groups excluding carboxylic acids is 1. The van der Waals surface area contributed by atoms with E-state index in [9.17, 15) is 14.9 Å². The number of nitrogens with zero attached hydrogens (tertiary/aromatic N) is 1. The summed E-state index contributed by atoms with van der Waals surface area (Å²) in [5.41, 5.74) is 0.235. The summed E-state index contributed by atoms with van der Waals surface area (Å²) in [5.74, 6) is -0.925. The van der Waals surface area contributed by atoms with Gasteiger partial charge in [0, 0.05) is 15.9 Å². The van der Waals surface area contributed by atoms with Crippen LogP contribution in [0.25, 0.3) is 0 Å². The molecule has 0 aromatic heterocycles. The Labute approximate surface area is 101 Å². The summed E-state index contributed by atoms with van der Waals surface area (Å²) >= 11 is 2.85. The molecule has 0 heterocycles. The van der Waals surface area contributed by atoms with E-state index < -0.39 is 15.3 Å². The van der Waals surface area contributed by atoms with Crippen LogP contribution in [-0.4, -0.2) is 17.5 Å². The molecule has 6 heteroatoms. The van der Waals surface area contributed by atoms with Crippen LogP contribution >= 0.6 is 15.9 Å². The number of hydrogen-bond acceptors (Lipinski definition) is 4. The molecule has 0 aliphatic rings. The van der Waals surface area contributed by atoms with E-state index >= 15 is 0 Å². The van der Waals surface area contributed by atoms with Crippen molar-refractivity contribution < 1.29 is 14.5 Å². The van der Waals surface area contributed by atoms with Crippen molar-refractivity contribution in [3.05, 3.63) is 46.0 Å². The minimum Gasteiger partial charge on any atom is -0.460 e. The smallest absolute Gasteiger partial charge is 0.401 e. The van der Waals surface area contributed by atoms with Gasteiger partial charge in [-0.05, 0) is 6.92 Å². The molecule has 1 aromatic carbocycles. The van der Waals surface area contributed by atoms with E-state index in [-0.39, 0.29) is 12.2 Å². The molecule has 0 amide bonds. The molecular formula is C10H10BrNO4. The predicted octanol–water partition coefficient (Wildman–Crippen LogP) is 2.07. The number of ether oxygens (including phenoxy) is 1. The molecule has 0 aliphatic carbocycles. The summed E-state index contributed by atoms with van der Waals surface area (Å²) in [5, 5.41) is 11.0. The van der Waals surface area contributed by atoms with Crippen molar-refractivity contribution in [2.24, 2.45) is 0 Å². The Bertz CT molecular complexity index is 395. The van der Waals surface area contributed by atoms with Crippen LogP contribution in [0.2, 0.25) is 0 Å². The van der Waals surface area contributed by atoms with Crippen molar-refractivity contribution in [2.75, 3.05) is 6.61 Å². The van der Waals surface area contributed by atoms with E-state index in [0.29, 0.717) is 0 Å². The molecular weight excluding hydrogens is 278 g/mol. The Hall–Kier alpha value is -1.43. The van der Waals surface area contributed by atoms with Gasteiger partial charge in [-0.15, -0.1) is 0 Å². The molecule has 16 heavy (non-hydrogen) atoms. The van der Waals surface area contributed by atoms with Crippen LogP contribution in [0, 0.1) is 10.1 Å². The topological polar surface area (TPSA) is 69.4 Å². The van der Waals surface area contributed by atoms with Gasteiger partial charge in [0.05, 0.1) is 17.1 Å². The number of benzene rings is 1. The van der Waals surface area contributed by atoms with Gasteiger partial charge in [-0.2, -0.15) is 0 Å². The zero-order valence-corrected chi connectivity index (χ0v) is 10.1. The van der Waals surface area contributed by atoms with Crippen LogP contribution in [0.1, 0.15) is 12.5 Å². The van der Waals surface area contributed by atoms with Crippen LogP contribution in [0.5, 0.6) is 0 Å². The Morgan fingerprint density at radius 2 is 2.06 bits per heavy atom. The number of hydrogen-bond donors (Lipinski definition) is 0. The van der Waals surface area contributed by atoms with Gasteiger partial charge in [-0.25, -0.2) is 4.79 Å². The predicted molar refractivity (Wildman–Crippen MR) is 60.7 cm³/mol. The van der Waals surface area contributed by atoms with Gasteiger partial charge in [0.15, 0.2) is 0 Å². The van der Waals surface area contributed by atoms with Gasteiger partial charge in [0.2, 0.25) is 0 Å². The Kier molecular flexibility index (Phi) is 4.00. The Balaban J connectivity index is 3.17. The molecule has 1 aromatic rings. The van der Waals surface area contributed by atoms with Crippen molar-refractivity contribution in [1.82, 2.24) is 0 Å². The van der Waals surface area contributed by atoms with Crippen molar-refractivity contribution in [3.63, 3.8) is 0 Å². The van der Waals surface area contributed by atoms with Crippen LogP contribution < -0.4 is 0 Å². The molecule has 0 fully saturated rings. The minimum absolute atomic E-state index is 0.0901. The lowest BCUT2D eigenvalue weighted by Gasteiger charge is -2.16. The molecule has 0 saturated heterocycles. The highest BCUT2D eigenvalue weighted by Gasteiger charge is 2.52. The van der Waals surface area contributed by atoms with Gasteiger partial charge in [0.25, 0.3) is 0 Å². The van der Waals surface area contributed by atoms with Crippen molar-refractivity contribution in [2.45, 2.75) is 11.4 Å². The average Bonchev–Trinajstić information content (AvgIpc) is 2.29. The number of alkyl halides is 1. The van der Waals surface area contributed by atoms with Crippen LogP contribution in [-0.2, 0) is 14.0 Å². The summed E-state index contributed by atoms with van der Waals surface area (Å²) in [4.78, 5) is 21.9. The van der Waals surface area contributed by atoms with E-state index in [1.807, 2.05) is 0 Å². The third-order valence-corrected chi connectivity index (χ3v) is 3.02. The third kappa shape index (κ3) is 2.21. The second-order valence-electron chi connectivity index (χ2n) is 2.97. The fraction of sp³-hybridized carbons (Fsp3) is 0.300. The number of esters is 1. The summed E-state index contributed by atoms with van der Waals surface area (Å²) in [6, 6.07) is 7.94. The van der Waals surface area contributed by atoms with Crippen molar-refractivity contribution >= 4 is 21.9 Å². The maximum atomic E-state index is 11.6. The molecule has 86 valence electrons. The maximum Gasteiger partial charge on any atom is 0.401 e. The van der Waals surface area contributed by atoms with E-state index in [2.05, 4.69) is 15.9 Å². The Morgan fingerprint density at radius 3 is 2.50 bits per heavy atom. The molecule has 1 rings (SSSR count). The van der Waals surface area contributed by atoms with Gasteiger partial charge < -0.3 is 4.74 Å². The number of halogens is 1. The standard InChI is InChI=1S/C10H10BrNO4/c1-2-16-9(13)10(11,12(14)15)8-6-4-3-5-7-8/h3-7H,2H2,1H3. The highest BCUT2D eigenvalue weighted by Crippen LogP contribution is 2.33. The first-order valence-electron chi connectivity index (χ1n) is 4.59. The molecule has 5 nitrogen and oxygen atoms in total. The largest absolute Gasteiger partial charge is 0.460 e. The van der Waals surface area contributed by atoms with E-state index in [1.165, 1.54) is 12.1 Å². The molecule has 1 unspecified atom stereocenters. The first-order chi connectivity index (χ1) is 7.53. The molecule has 0 saturated carbocycles. The molecule has 1 atom stereocenters. The van der Waals surface area contributed by atoms with Gasteiger partial charge in [-0.3, -0.25) is 10.1 Å². The minimum atomic E-state index is -2.02. The highest BCUT2D eigenvalue weighted by atomic mass is 79.9. The van der Waals surface area contributed by atoms with Crippen LogP contribution in [0.4, 0.5) is 0 Å². The highest BCUT2D eigenvalue weighted by molar-refractivity contribution is 9.10. The number of nitro groups is 1. The van der Waals surface area contributed by atoms with Crippen LogP contribution in [0.3, 0.4) is 0 Å². The number of carbonyl (C=O) groups is 1. The van der Waals surface area contributed by atoms with Gasteiger partial charge in [0.1, 0.15) is 0 Å². The third-order valence-electron chi connectivity index (χ3n) is 1.95. The second-order valence-corrected chi connectivity index (χ2v) is 4.11. The summed E-state index contributed by atoms with van der Waals surface area (Å²) in [6.07, 6.45) is 0. The second kappa shape index (κ2) is 5.07. The lowest BCUT2D eigenvalue weighted by atomic mass is 10.1. The zero-order valence-electron chi connectivity index (χ0n) is 8.55. The SMILES string of the molecule is CCOC(=O)C(Br)(c1ccccc1)[N+](=O)[O-]. The lowest BCUT2D eigenvalue weighted by molar-refractivity contribution is -0.530. The Morgan fingerprint density at radius 1 is 1.50 bits per heavy atom. The van der Waals surface area contributed by atoms with Gasteiger partial charge >= 0.3 is 10.4 Å². The van der Waals surface area contributed by atoms with E-state index in [0.717, 1.165) is 0 Å². The maximum absolute atomic E-state index is 11.6. The zero-order chi connectivity index (χ0) is 12.2. The van der Waals surface area contributed by atoms with E-state index in [4.69, 9.17) is 4.74 Å². The van der Waals surface area contributed by atoms with Crippen LogP contribution in [0.15, 0.2) is 30.3 Å². The van der Waals surface area contributed by atoms with Gasteiger partial charge in [-0.1, -0.05) is 30.3 Å². The lowest BCUT2D eigenvalue weighted by Crippen LogP contribution is -2.39. The number of rotatable bonds is 4. The fourth-order valence-corrected chi connectivity index (χ4v) is 1.56.